The number of carboxylic acid groups (broad SMARTS) is 1. The summed E-state index contributed by atoms with van der Waals surface area (Å²) in [6.07, 6.45) is 0.257. The maximum atomic E-state index is 12.4. The lowest BCUT2D eigenvalue weighted by molar-refractivity contribution is -0.139. The summed E-state index contributed by atoms with van der Waals surface area (Å²) in [7, 11) is -3.93. The summed E-state index contributed by atoms with van der Waals surface area (Å²) in [6, 6.07) is 21.6. The van der Waals surface area contributed by atoms with Crippen LogP contribution in [0.2, 0.25) is 0 Å². The summed E-state index contributed by atoms with van der Waals surface area (Å²) < 4.78 is 29.9. The quantitative estimate of drug-likeness (QED) is 0.510. The topological polar surface area (TPSA) is 92.7 Å². The fraction of sp³-hybridized carbons (Fsp3) is 0.174. The van der Waals surface area contributed by atoms with Gasteiger partial charge in [-0.1, -0.05) is 60.2 Å². The van der Waals surface area contributed by atoms with Crippen molar-refractivity contribution in [3.8, 4) is 5.75 Å². The Morgan fingerprint density at radius 3 is 2.17 bits per heavy atom. The Balaban J connectivity index is 1.63. The minimum Gasteiger partial charge on any atom is -0.480 e. The second-order valence-electron chi connectivity index (χ2n) is 6.96. The summed E-state index contributed by atoms with van der Waals surface area (Å²) in [5.41, 5.74) is 2.70. The molecule has 0 spiro atoms. The van der Waals surface area contributed by atoms with E-state index in [4.69, 9.17) is 4.18 Å². The third kappa shape index (κ3) is 5.92. The van der Waals surface area contributed by atoms with Crippen LogP contribution in [0.25, 0.3) is 0 Å². The summed E-state index contributed by atoms with van der Waals surface area (Å²) in [5.74, 6) is -0.781. The molecular formula is C23H23NO5S. The average molecular weight is 426 g/mol. The second kappa shape index (κ2) is 9.56. The minimum absolute atomic E-state index is 0.0771. The van der Waals surface area contributed by atoms with E-state index in [-0.39, 0.29) is 17.1 Å². The van der Waals surface area contributed by atoms with Crippen LogP contribution >= 0.6 is 0 Å². The molecular weight excluding hydrogens is 402 g/mol. The number of nitrogens with one attached hydrogen (secondary N) is 1. The zero-order valence-corrected chi connectivity index (χ0v) is 17.3. The normalized spacial score (nSPS) is 12.3. The van der Waals surface area contributed by atoms with Gasteiger partial charge in [0.1, 0.15) is 16.7 Å². The van der Waals surface area contributed by atoms with Gasteiger partial charge in [-0.15, -0.1) is 0 Å². The number of carbonyl (C=O) groups is 1. The van der Waals surface area contributed by atoms with E-state index in [2.05, 4.69) is 5.32 Å². The molecule has 7 heteroatoms. The highest BCUT2D eigenvalue weighted by molar-refractivity contribution is 7.87. The molecule has 3 aromatic rings. The van der Waals surface area contributed by atoms with Crippen LogP contribution in [0.3, 0.4) is 0 Å². The van der Waals surface area contributed by atoms with E-state index in [1.165, 1.54) is 24.3 Å². The van der Waals surface area contributed by atoms with Crippen molar-refractivity contribution in [2.45, 2.75) is 30.8 Å². The SMILES string of the molecule is Cc1ccc(S(=O)(=O)Oc2ccc(C[C@H](NCc3ccccc3)C(=O)O)cc2)cc1. The minimum atomic E-state index is -3.93. The number of carboxylic acids is 1. The molecule has 0 heterocycles. The van der Waals surface area contributed by atoms with Crippen molar-refractivity contribution in [1.82, 2.24) is 5.32 Å². The van der Waals surface area contributed by atoms with Crippen molar-refractivity contribution in [3.05, 3.63) is 95.6 Å². The Morgan fingerprint density at radius 2 is 1.57 bits per heavy atom. The van der Waals surface area contributed by atoms with Crippen molar-refractivity contribution in [2.24, 2.45) is 0 Å². The van der Waals surface area contributed by atoms with Crippen molar-refractivity contribution in [2.75, 3.05) is 0 Å². The molecule has 30 heavy (non-hydrogen) atoms. The van der Waals surface area contributed by atoms with Crippen LogP contribution in [0.4, 0.5) is 0 Å². The first-order valence-electron chi connectivity index (χ1n) is 9.44. The van der Waals surface area contributed by atoms with E-state index >= 15 is 0 Å². The summed E-state index contributed by atoms with van der Waals surface area (Å²) in [4.78, 5) is 11.7. The van der Waals surface area contributed by atoms with Gasteiger partial charge in [-0.05, 0) is 48.7 Å². The van der Waals surface area contributed by atoms with Gasteiger partial charge in [0.2, 0.25) is 0 Å². The smallest absolute Gasteiger partial charge is 0.339 e. The zero-order chi connectivity index (χ0) is 21.6. The Hall–Kier alpha value is -3.16. The Kier molecular flexibility index (Phi) is 6.87. The highest BCUT2D eigenvalue weighted by atomic mass is 32.2. The van der Waals surface area contributed by atoms with E-state index in [1.807, 2.05) is 37.3 Å². The predicted molar refractivity (Wildman–Crippen MR) is 114 cm³/mol. The van der Waals surface area contributed by atoms with Crippen LogP contribution in [-0.4, -0.2) is 25.5 Å². The van der Waals surface area contributed by atoms with E-state index in [1.54, 1.807) is 24.3 Å². The van der Waals surface area contributed by atoms with Gasteiger partial charge in [-0.25, -0.2) is 0 Å². The lowest BCUT2D eigenvalue weighted by Crippen LogP contribution is -2.38. The van der Waals surface area contributed by atoms with E-state index in [9.17, 15) is 18.3 Å². The molecule has 0 fully saturated rings. The molecule has 0 aliphatic rings. The lowest BCUT2D eigenvalue weighted by Gasteiger charge is -2.15. The van der Waals surface area contributed by atoms with Crippen molar-refractivity contribution in [3.63, 3.8) is 0 Å². The molecule has 0 aliphatic carbocycles. The summed E-state index contributed by atoms with van der Waals surface area (Å²) >= 11 is 0. The third-order valence-electron chi connectivity index (χ3n) is 4.57. The monoisotopic (exact) mass is 425 g/mol. The highest BCUT2D eigenvalue weighted by Gasteiger charge is 2.19. The van der Waals surface area contributed by atoms with E-state index in [0.717, 1.165) is 16.7 Å². The van der Waals surface area contributed by atoms with Crippen LogP contribution in [0, 0.1) is 6.92 Å². The number of hydrogen-bond acceptors (Lipinski definition) is 5. The zero-order valence-electron chi connectivity index (χ0n) is 16.5. The predicted octanol–water partition coefficient (Wildman–Crippen LogP) is 3.55. The van der Waals surface area contributed by atoms with Crippen LogP contribution in [0.1, 0.15) is 16.7 Å². The van der Waals surface area contributed by atoms with Crippen molar-refractivity contribution < 1.29 is 22.5 Å². The van der Waals surface area contributed by atoms with Gasteiger partial charge in [0.25, 0.3) is 0 Å². The van der Waals surface area contributed by atoms with Gasteiger partial charge in [0.15, 0.2) is 0 Å². The summed E-state index contributed by atoms with van der Waals surface area (Å²) in [5, 5.41) is 12.5. The Labute approximate surface area is 176 Å². The number of aryl methyl sites for hydroxylation is 1. The van der Waals surface area contributed by atoms with Gasteiger partial charge < -0.3 is 14.6 Å². The number of aliphatic carboxylic acids is 1. The molecule has 0 aliphatic heterocycles. The van der Waals surface area contributed by atoms with Gasteiger partial charge in [-0.3, -0.25) is 4.79 Å². The first kappa shape index (κ1) is 21.5. The molecule has 2 N–H and O–H groups in total. The van der Waals surface area contributed by atoms with Crippen molar-refractivity contribution >= 4 is 16.1 Å². The molecule has 1 atom stereocenters. The van der Waals surface area contributed by atoms with E-state index < -0.39 is 22.1 Å². The fourth-order valence-corrected chi connectivity index (χ4v) is 3.81. The lowest BCUT2D eigenvalue weighted by atomic mass is 10.1. The summed E-state index contributed by atoms with van der Waals surface area (Å²) in [6.45, 7) is 2.31. The van der Waals surface area contributed by atoms with Crippen LogP contribution in [-0.2, 0) is 27.9 Å². The van der Waals surface area contributed by atoms with Gasteiger partial charge in [0, 0.05) is 6.54 Å². The first-order valence-corrected chi connectivity index (χ1v) is 10.8. The molecule has 3 aromatic carbocycles. The first-order chi connectivity index (χ1) is 14.3. The number of rotatable bonds is 9. The molecule has 156 valence electrons. The molecule has 0 saturated heterocycles. The molecule has 0 radical (unpaired) electrons. The van der Waals surface area contributed by atoms with Crippen LogP contribution in [0.5, 0.6) is 5.75 Å². The maximum Gasteiger partial charge on any atom is 0.339 e. The second-order valence-corrected chi connectivity index (χ2v) is 8.50. The van der Waals surface area contributed by atoms with Crippen LogP contribution < -0.4 is 9.50 Å². The Bertz CT molecular complexity index is 1080. The van der Waals surface area contributed by atoms with Crippen molar-refractivity contribution in [1.29, 1.82) is 0 Å². The highest BCUT2D eigenvalue weighted by Crippen LogP contribution is 2.20. The Morgan fingerprint density at radius 1 is 0.933 bits per heavy atom. The molecule has 0 saturated carbocycles. The molecule has 0 aromatic heterocycles. The molecule has 0 bridgehead atoms. The van der Waals surface area contributed by atoms with Gasteiger partial charge in [-0.2, -0.15) is 8.42 Å². The molecule has 3 rings (SSSR count). The molecule has 0 unspecified atom stereocenters. The number of benzene rings is 3. The fourth-order valence-electron chi connectivity index (χ4n) is 2.88. The molecule has 0 amide bonds. The maximum absolute atomic E-state index is 12.4. The van der Waals surface area contributed by atoms with Crippen LogP contribution in [0.15, 0.2) is 83.8 Å². The third-order valence-corrected chi connectivity index (χ3v) is 5.83. The largest absolute Gasteiger partial charge is 0.480 e. The van der Waals surface area contributed by atoms with E-state index in [0.29, 0.717) is 6.54 Å². The van der Waals surface area contributed by atoms with Gasteiger partial charge >= 0.3 is 16.1 Å². The van der Waals surface area contributed by atoms with Gasteiger partial charge in [0.05, 0.1) is 0 Å². The average Bonchev–Trinajstić information content (AvgIpc) is 2.73. The standard InChI is InChI=1S/C23H23NO5S/c1-17-7-13-21(14-8-17)30(27,28)29-20-11-9-18(10-12-20)15-22(23(25)26)24-16-19-5-3-2-4-6-19/h2-14,22,24H,15-16H2,1H3,(H,25,26)/t22-/m0/s1. The molecule has 6 nitrogen and oxygen atoms in total. The number of hydrogen-bond donors (Lipinski definition) is 2.